The maximum atomic E-state index is 12.6. The van der Waals surface area contributed by atoms with Crippen LogP contribution < -0.4 is 15.7 Å². The Labute approximate surface area is 166 Å². The number of nitro groups is 1. The van der Waals surface area contributed by atoms with Crippen molar-refractivity contribution in [2.75, 3.05) is 5.32 Å². The summed E-state index contributed by atoms with van der Waals surface area (Å²) in [6, 6.07) is 14.5. The maximum Gasteiger partial charge on any atom is 0.295 e. The number of pyridine rings is 1. The van der Waals surface area contributed by atoms with Crippen molar-refractivity contribution in [1.82, 2.24) is 4.73 Å². The highest BCUT2D eigenvalue weighted by molar-refractivity contribution is 6.04. The first kappa shape index (κ1) is 19.8. The molecule has 0 aliphatic heterocycles. The number of para-hydroxylation sites is 1. The van der Waals surface area contributed by atoms with E-state index in [2.05, 4.69) is 5.32 Å². The van der Waals surface area contributed by atoms with Crippen molar-refractivity contribution in [1.29, 1.82) is 0 Å². The van der Waals surface area contributed by atoms with Gasteiger partial charge < -0.3 is 10.2 Å². The summed E-state index contributed by atoms with van der Waals surface area (Å²) in [5.74, 6) is -0.541. The van der Waals surface area contributed by atoms with Crippen LogP contribution in [0.5, 0.6) is 0 Å². The molecule has 8 heteroatoms. The number of anilines is 1. The molecular weight excluding hydrogens is 374 g/mol. The van der Waals surface area contributed by atoms with Crippen LogP contribution in [0.25, 0.3) is 0 Å². The lowest BCUT2D eigenvalue weighted by atomic mass is 10.1. The lowest BCUT2D eigenvalue weighted by Gasteiger charge is -2.12. The average molecular weight is 393 g/mol. The van der Waals surface area contributed by atoms with Gasteiger partial charge in [-0.3, -0.25) is 19.7 Å². The summed E-state index contributed by atoms with van der Waals surface area (Å²) in [4.78, 5) is 41.1. The van der Waals surface area contributed by atoms with E-state index < -0.39 is 16.4 Å². The summed E-state index contributed by atoms with van der Waals surface area (Å²) in [5, 5.41) is 13.6. The summed E-state index contributed by atoms with van der Waals surface area (Å²) in [7, 11) is 0. The Morgan fingerprint density at radius 3 is 2.48 bits per heavy atom. The molecule has 3 aromatic rings. The first-order valence-electron chi connectivity index (χ1n) is 8.82. The van der Waals surface area contributed by atoms with E-state index in [-0.39, 0.29) is 17.9 Å². The molecule has 0 saturated heterocycles. The molecule has 0 bridgehead atoms. The van der Waals surface area contributed by atoms with Gasteiger partial charge in [-0.05, 0) is 42.7 Å². The first-order valence-corrected chi connectivity index (χ1v) is 8.82. The van der Waals surface area contributed by atoms with Crippen LogP contribution in [-0.4, -0.2) is 15.6 Å². The van der Waals surface area contributed by atoms with Gasteiger partial charge >= 0.3 is 0 Å². The zero-order chi connectivity index (χ0) is 21.0. The number of benzene rings is 2. The van der Waals surface area contributed by atoms with Gasteiger partial charge in [0.25, 0.3) is 17.2 Å². The molecule has 0 radical (unpaired) electrons. The minimum Gasteiger partial charge on any atom is -0.406 e. The van der Waals surface area contributed by atoms with Gasteiger partial charge in [0.1, 0.15) is 12.2 Å². The molecule has 1 aromatic heterocycles. The smallest absolute Gasteiger partial charge is 0.295 e. The molecule has 8 nitrogen and oxygen atoms in total. The SMILES string of the molecule is Cc1cccc(C)c1NC(=O)c1cccn(OCc2cccc([N+](=O)[O-])c2)c1=O. The van der Waals surface area contributed by atoms with Crippen molar-refractivity contribution in [3.05, 3.63) is 104 Å². The Morgan fingerprint density at radius 1 is 1.10 bits per heavy atom. The van der Waals surface area contributed by atoms with E-state index in [0.717, 1.165) is 15.9 Å². The molecule has 0 aliphatic rings. The highest BCUT2D eigenvalue weighted by atomic mass is 16.7. The van der Waals surface area contributed by atoms with Gasteiger partial charge in [-0.2, -0.15) is 4.73 Å². The molecule has 0 unspecified atom stereocenters. The van der Waals surface area contributed by atoms with Crippen LogP contribution >= 0.6 is 0 Å². The normalized spacial score (nSPS) is 10.4. The highest BCUT2D eigenvalue weighted by Gasteiger charge is 2.15. The standard InChI is InChI=1S/C21H19N3O5/c1-14-6-3-7-15(2)19(14)22-20(25)18-10-5-11-23(21(18)26)29-13-16-8-4-9-17(12-16)24(27)28/h3-12H,13H2,1-2H3,(H,22,25). The summed E-state index contributed by atoms with van der Waals surface area (Å²) >= 11 is 0. The molecule has 3 rings (SSSR count). The predicted molar refractivity (Wildman–Crippen MR) is 108 cm³/mol. The molecule has 0 atom stereocenters. The van der Waals surface area contributed by atoms with Crippen LogP contribution in [0.2, 0.25) is 0 Å². The number of aromatic nitrogens is 1. The second kappa shape index (κ2) is 8.39. The van der Waals surface area contributed by atoms with E-state index in [1.165, 1.54) is 36.5 Å². The number of non-ortho nitro benzene ring substituents is 1. The minimum atomic E-state index is -0.623. The second-order valence-corrected chi connectivity index (χ2v) is 6.47. The zero-order valence-electron chi connectivity index (χ0n) is 15.9. The number of carbonyl (C=O) groups excluding carboxylic acids is 1. The summed E-state index contributed by atoms with van der Waals surface area (Å²) < 4.78 is 0.943. The Morgan fingerprint density at radius 2 is 1.79 bits per heavy atom. The number of hydrogen-bond donors (Lipinski definition) is 1. The molecule has 29 heavy (non-hydrogen) atoms. The fourth-order valence-electron chi connectivity index (χ4n) is 2.85. The topological polar surface area (TPSA) is 103 Å². The van der Waals surface area contributed by atoms with Crippen molar-refractivity contribution in [2.24, 2.45) is 0 Å². The van der Waals surface area contributed by atoms with E-state index in [0.29, 0.717) is 11.3 Å². The number of amides is 1. The maximum absolute atomic E-state index is 12.6. The lowest BCUT2D eigenvalue weighted by Crippen LogP contribution is -2.32. The third kappa shape index (κ3) is 4.49. The Balaban J connectivity index is 1.79. The third-order valence-corrected chi connectivity index (χ3v) is 4.37. The highest BCUT2D eigenvalue weighted by Crippen LogP contribution is 2.20. The molecule has 0 aliphatic carbocycles. The lowest BCUT2D eigenvalue weighted by molar-refractivity contribution is -0.384. The van der Waals surface area contributed by atoms with Gasteiger partial charge in [0.2, 0.25) is 0 Å². The van der Waals surface area contributed by atoms with Gasteiger partial charge in [0, 0.05) is 24.0 Å². The number of hydrogen-bond acceptors (Lipinski definition) is 5. The Bertz CT molecular complexity index is 1120. The largest absolute Gasteiger partial charge is 0.406 e. The van der Waals surface area contributed by atoms with Crippen molar-refractivity contribution in [3.8, 4) is 0 Å². The van der Waals surface area contributed by atoms with Gasteiger partial charge in [-0.15, -0.1) is 0 Å². The van der Waals surface area contributed by atoms with Crippen molar-refractivity contribution in [3.63, 3.8) is 0 Å². The van der Waals surface area contributed by atoms with Crippen LogP contribution in [0.1, 0.15) is 27.0 Å². The summed E-state index contributed by atoms with van der Waals surface area (Å²) in [6.07, 6.45) is 1.38. The van der Waals surface area contributed by atoms with E-state index in [1.807, 2.05) is 32.0 Å². The van der Waals surface area contributed by atoms with Crippen molar-refractivity contribution in [2.45, 2.75) is 20.5 Å². The third-order valence-electron chi connectivity index (χ3n) is 4.37. The average Bonchev–Trinajstić information content (AvgIpc) is 2.70. The van der Waals surface area contributed by atoms with Crippen LogP contribution in [0.3, 0.4) is 0 Å². The minimum absolute atomic E-state index is 0.0659. The predicted octanol–water partition coefficient (Wildman–Crippen LogP) is 3.25. The fourth-order valence-corrected chi connectivity index (χ4v) is 2.85. The molecule has 0 fully saturated rings. The van der Waals surface area contributed by atoms with Crippen LogP contribution in [0.15, 0.2) is 65.6 Å². The van der Waals surface area contributed by atoms with E-state index in [1.54, 1.807) is 6.07 Å². The number of carbonyl (C=O) groups is 1. The molecule has 2 aromatic carbocycles. The Hall–Kier alpha value is -3.94. The van der Waals surface area contributed by atoms with E-state index in [9.17, 15) is 19.7 Å². The number of nitrogens with zero attached hydrogens (tertiary/aromatic N) is 2. The van der Waals surface area contributed by atoms with Crippen LogP contribution in [0.4, 0.5) is 11.4 Å². The van der Waals surface area contributed by atoms with Gasteiger partial charge in [-0.25, -0.2) is 0 Å². The summed E-state index contributed by atoms with van der Waals surface area (Å²) in [6.45, 7) is 3.67. The molecule has 1 amide bonds. The number of aryl methyl sites for hydroxylation is 2. The zero-order valence-corrected chi connectivity index (χ0v) is 15.9. The van der Waals surface area contributed by atoms with Gasteiger partial charge in [-0.1, -0.05) is 30.3 Å². The van der Waals surface area contributed by atoms with Crippen LogP contribution in [-0.2, 0) is 6.61 Å². The molecule has 1 heterocycles. The number of rotatable bonds is 6. The van der Waals surface area contributed by atoms with Crippen molar-refractivity contribution < 1.29 is 14.6 Å². The van der Waals surface area contributed by atoms with E-state index >= 15 is 0 Å². The summed E-state index contributed by atoms with van der Waals surface area (Å²) in [5.41, 5.74) is 2.19. The van der Waals surface area contributed by atoms with Crippen LogP contribution in [0, 0.1) is 24.0 Å². The fraction of sp³-hybridized carbons (Fsp3) is 0.143. The van der Waals surface area contributed by atoms with Gasteiger partial charge in [0.15, 0.2) is 0 Å². The number of nitrogens with one attached hydrogen (secondary N) is 1. The molecule has 0 saturated carbocycles. The molecular formula is C21H19N3O5. The first-order chi connectivity index (χ1) is 13.9. The molecule has 148 valence electrons. The Kier molecular flexibility index (Phi) is 5.73. The monoisotopic (exact) mass is 393 g/mol. The molecule has 1 N–H and O–H groups in total. The van der Waals surface area contributed by atoms with Crippen molar-refractivity contribution >= 4 is 17.3 Å². The second-order valence-electron chi connectivity index (χ2n) is 6.47. The molecule has 0 spiro atoms. The van der Waals surface area contributed by atoms with Gasteiger partial charge in [0.05, 0.1) is 4.92 Å². The van der Waals surface area contributed by atoms with E-state index in [4.69, 9.17) is 4.84 Å². The quantitative estimate of drug-likeness (QED) is 0.511. The number of nitro benzene ring substituents is 1.